The minimum Gasteiger partial charge on any atom is -0.342 e. The molecular formula is C55H40N4. The third-order valence-corrected chi connectivity index (χ3v) is 11.5. The summed E-state index contributed by atoms with van der Waals surface area (Å²) in [6, 6.07) is 64.7. The van der Waals surface area contributed by atoms with Crippen molar-refractivity contribution in [3.8, 4) is 33.4 Å². The third-order valence-electron chi connectivity index (χ3n) is 11.5. The Bertz CT molecular complexity index is 3190. The maximum Gasteiger partial charge on any atom is 0.0788 e. The summed E-state index contributed by atoms with van der Waals surface area (Å²) in [6.45, 7) is 3.71. The van der Waals surface area contributed by atoms with Gasteiger partial charge in [-0.3, -0.25) is 4.99 Å². The van der Waals surface area contributed by atoms with Gasteiger partial charge in [0.2, 0.25) is 0 Å². The molecule has 0 spiro atoms. The quantitative estimate of drug-likeness (QED) is 0.179. The Hall–Kier alpha value is -7.82. The molecule has 4 heteroatoms. The number of nitrogens with one attached hydrogen (secondary N) is 1. The van der Waals surface area contributed by atoms with E-state index in [2.05, 4.69) is 198 Å². The number of para-hydroxylation sites is 3. The number of nitrogens with zero attached hydrogens (tertiary/aromatic N) is 3. The predicted octanol–water partition coefficient (Wildman–Crippen LogP) is 14.5. The summed E-state index contributed by atoms with van der Waals surface area (Å²) in [5.74, 6) is 0. The monoisotopic (exact) mass is 756 g/mol. The highest BCUT2D eigenvalue weighted by molar-refractivity contribution is 6.18. The van der Waals surface area contributed by atoms with E-state index in [9.17, 15) is 0 Å². The summed E-state index contributed by atoms with van der Waals surface area (Å²) in [6.07, 6.45) is 7.45. The number of aryl methyl sites for hydroxylation is 1. The summed E-state index contributed by atoms with van der Waals surface area (Å²) in [4.78, 5) is 6.64. The SMILES string of the molecule is C=N/C(=C1/C=CC=CC1=N)c1ccc(-c2cccc3ccccc23)cc1.Cn1c2ccccc2c2ccc3c(c21)N(c1ccccc1)c1ccccc1-c1ccccc1-3. The van der Waals surface area contributed by atoms with E-state index in [1.165, 1.54) is 71.8 Å². The second-order valence-electron chi connectivity index (χ2n) is 14.8. The second kappa shape index (κ2) is 14.9. The van der Waals surface area contributed by atoms with Crippen molar-refractivity contribution < 1.29 is 0 Å². The highest BCUT2D eigenvalue weighted by Gasteiger charge is 2.29. The maximum absolute atomic E-state index is 8.11. The number of hydrogen-bond donors (Lipinski definition) is 1. The Morgan fingerprint density at radius 3 is 1.93 bits per heavy atom. The van der Waals surface area contributed by atoms with Gasteiger partial charge < -0.3 is 14.9 Å². The minimum atomic E-state index is 0.452. The van der Waals surface area contributed by atoms with E-state index in [1.807, 2.05) is 30.4 Å². The molecule has 2 heterocycles. The van der Waals surface area contributed by atoms with Gasteiger partial charge in [0.05, 0.1) is 28.3 Å². The van der Waals surface area contributed by atoms with Crippen LogP contribution in [0, 0.1) is 5.41 Å². The van der Waals surface area contributed by atoms with Gasteiger partial charge in [0, 0.05) is 51.3 Å². The lowest BCUT2D eigenvalue weighted by Gasteiger charge is -2.28. The first-order valence-corrected chi connectivity index (χ1v) is 19.9. The Labute approximate surface area is 344 Å². The standard InChI is InChI=1S/C31H22N2.C24H18N2/c1-32-28-17-9-7-16-25(28)27-20-19-26-23-14-6-5-13-22(23)24-15-8-10-18-29(24)33(31(26)30(27)32)21-11-3-2-4-12-21;1-26-24(22-10-4-5-12-23(22)25)19-15-13-18(14-16-19)21-11-6-8-17-7-2-3-9-20(17)21/h2-20H,1H3;2-16,25H,1H2/b;24-22-,25-23?. The number of aromatic nitrogens is 1. The molecule has 1 N–H and O–H groups in total. The van der Waals surface area contributed by atoms with E-state index in [0.29, 0.717) is 5.71 Å². The van der Waals surface area contributed by atoms with E-state index in [-0.39, 0.29) is 0 Å². The summed E-state index contributed by atoms with van der Waals surface area (Å²) in [5, 5.41) is 13.2. The summed E-state index contributed by atoms with van der Waals surface area (Å²) in [7, 11) is 2.19. The van der Waals surface area contributed by atoms with Gasteiger partial charge in [-0.15, -0.1) is 0 Å². The molecule has 0 saturated heterocycles. The van der Waals surface area contributed by atoms with Crippen molar-refractivity contribution in [2.24, 2.45) is 12.0 Å². The number of aliphatic imine (C=N–C) groups is 1. The van der Waals surface area contributed by atoms with Gasteiger partial charge in [0.1, 0.15) is 0 Å². The van der Waals surface area contributed by atoms with Gasteiger partial charge in [-0.2, -0.15) is 0 Å². The Morgan fingerprint density at radius 2 is 1.15 bits per heavy atom. The smallest absolute Gasteiger partial charge is 0.0788 e. The zero-order chi connectivity index (χ0) is 39.9. The van der Waals surface area contributed by atoms with E-state index in [1.54, 1.807) is 6.08 Å². The van der Waals surface area contributed by atoms with Crippen LogP contribution >= 0.6 is 0 Å². The van der Waals surface area contributed by atoms with E-state index < -0.39 is 0 Å². The fourth-order valence-electron chi connectivity index (χ4n) is 8.82. The largest absolute Gasteiger partial charge is 0.342 e. The summed E-state index contributed by atoms with van der Waals surface area (Å²) in [5.41, 5.74) is 16.5. The summed E-state index contributed by atoms with van der Waals surface area (Å²) >= 11 is 0. The fraction of sp³-hybridized carbons (Fsp3) is 0.0182. The van der Waals surface area contributed by atoms with Crippen LogP contribution in [-0.4, -0.2) is 17.0 Å². The lowest BCUT2D eigenvalue weighted by Crippen LogP contribution is -2.12. The minimum absolute atomic E-state index is 0.452. The van der Waals surface area contributed by atoms with Crippen LogP contribution in [0.1, 0.15) is 5.56 Å². The fourth-order valence-corrected chi connectivity index (χ4v) is 8.82. The van der Waals surface area contributed by atoms with Crippen molar-refractivity contribution in [3.63, 3.8) is 0 Å². The molecule has 1 aromatic heterocycles. The Kier molecular flexibility index (Phi) is 9.00. The van der Waals surface area contributed by atoms with Crippen LogP contribution in [-0.2, 0) is 7.05 Å². The molecule has 59 heavy (non-hydrogen) atoms. The lowest BCUT2D eigenvalue weighted by molar-refractivity contribution is 1.01. The number of anilines is 3. The predicted molar refractivity (Wildman–Crippen MR) is 251 cm³/mol. The molecule has 0 radical (unpaired) electrons. The van der Waals surface area contributed by atoms with Crippen molar-refractivity contribution in [1.82, 2.24) is 4.57 Å². The molecule has 0 atom stereocenters. The van der Waals surface area contributed by atoms with Crippen molar-refractivity contribution in [3.05, 3.63) is 217 Å². The molecule has 0 fully saturated rings. The number of rotatable bonds is 4. The molecule has 8 aromatic carbocycles. The molecule has 0 unspecified atom stereocenters. The number of hydrogen-bond acceptors (Lipinski definition) is 3. The molecule has 9 aromatic rings. The van der Waals surface area contributed by atoms with E-state index in [4.69, 9.17) is 5.41 Å². The maximum atomic E-state index is 8.11. The van der Waals surface area contributed by atoms with Gasteiger partial charge in [0.15, 0.2) is 0 Å². The molecule has 280 valence electrons. The molecule has 1 aliphatic heterocycles. The van der Waals surface area contributed by atoms with Crippen LogP contribution in [0.15, 0.2) is 217 Å². The highest BCUT2D eigenvalue weighted by atomic mass is 15.2. The van der Waals surface area contributed by atoms with Crippen molar-refractivity contribution in [2.45, 2.75) is 0 Å². The van der Waals surface area contributed by atoms with Crippen LogP contribution in [0.25, 0.3) is 71.7 Å². The second-order valence-corrected chi connectivity index (χ2v) is 14.8. The number of benzene rings is 8. The van der Waals surface area contributed by atoms with Crippen molar-refractivity contribution >= 4 is 67.8 Å². The van der Waals surface area contributed by atoms with Crippen LogP contribution in [0.2, 0.25) is 0 Å². The molecule has 11 rings (SSSR count). The first-order valence-electron chi connectivity index (χ1n) is 19.9. The molecular weight excluding hydrogens is 717 g/mol. The third kappa shape index (κ3) is 6.10. The number of fused-ring (bicyclic) bond motifs is 10. The molecule has 0 bridgehead atoms. The molecule has 2 aliphatic rings. The van der Waals surface area contributed by atoms with Crippen LogP contribution in [0.4, 0.5) is 17.1 Å². The zero-order valence-electron chi connectivity index (χ0n) is 32.7. The van der Waals surface area contributed by atoms with Gasteiger partial charge >= 0.3 is 0 Å². The van der Waals surface area contributed by atoms with E-state index in [0.717, 1.165) is 28.1 Å². The average Bonchev–Trinajstić information content (AvgIpc) is 3.52. The molecule has 1 aliphatic carbocycles. The Balaban J connectivity index is 0.000000147. The van der Waals surface area contributed by atoms with Crippen LogP contribution < -0.4 is 4.90 Å². The Morgan fingerprint density at radius 1 is 0.525 bits per heavy atom. The van der Waals surface area contributed by atoms with Crippen molar-refractivity contribution in [1.29, 1.82) is 5.41 Å². The van der Waals surface area contributed by atoms with E-state index >= 15 is 0 Å². The lowest BCUT2D eigenvalue weighted by atomic mass is 9.94. The first-order chi connectivity index (χ1) is 29.1. The summed E-state index contributed by atoms with van der Waals surface area (Å²) < 4.78 is 2.36. The highest BCUT2D eigenvalue weighted by Crippen LogP contribution is 2.53. The molecule has 4 nitrogen and oxygen atoms in total. The van der Waals surface area contributed by atoms with Gasteiger partial charge in [-0.1, -0.05) is 176 Å². The van der Waals surface area contributed by atoms with Gasteiger partial charge in [0.25, 0.3) is 0 Å². The number of allylic oxidation sites excluding steroid dienone is 5. The zero-order valence-corrected chi connectivity index (χ0v) is 32.7. The van der Waals surface area contributed by atoms with Crippen molar-refractivity contribution in [2.75, 3.05) is 4.90 Å². The van der Waals surface area contributed by atoms with Crippen LogP contribution in [0.5, 0.6) is 0 Å². The molecule has 0 amide bonds. The van der Waals surface area contributed by atoms with Gasteiger partial charge in [-0.05, 0) is 70.1 Å². The molecule has 0 saturated carbocycles. The van der Waals surface area contributed by atoms with Gasteiger partial charge in [-0.25, -0.2) is 0 Å². The van der Waals surface area contributed by atoms with Crippen LogP contribution in [0.3, 0.4) is 0 Å². The topological polar surface area (TPSA) is 44.4 Å². The first kappa shape index (κ1) is 35.6. The average molecular weight is 757 g/mol. The normalized spacial score (nSPS) is 13.6.